The summed E-state index contributed by atoms with van der Waals surface area (Å²) in [6.45, 7) is 10.3. The van der Waals surface area contributed by atoms with Gasteiger partial charge >= 0.3 is 0 Å². The van der Waals surface area contributed by atoms with E-state index in [1.54, 1.807) is 0 Å². The highest BCUT2D eigenvalue weighted by Crippen LogP contribution is 2.36. The van der Waals surface area contributed by atoms with Crippen LogP contribution >= 0.6 is 23.5 Å². The Labute approximate surface area is 101 Å². The molecular weight excluding hydrogens is 224 g/mol. The van der Waals surface area contributed by atoms with E-state index in [4.69, 9.17) is 0 Å². The molecule has 1 aliphatic heterocycles. The summed E-state index contributed by atoms with van der Waals surface area (Å²) < 4.78 is 0. The molecule has 1 rings (SSSR count). The van der Waals surface area contributed by atoms with E-state index in [-0.39, 0.29) is 5.25 Å². The molecule has 3 heteroatoms. The summed E-state index contributed by atoms with van der Waals surface area (Å²) in [5.74, 6) is 1.40. The molecule has 15 heavy (non-hydrogen) atoms. The Kier molecular flexibility index (Phi) is 5.27. The topological polar surface area (TPSA) is 17.1 Å². The summed E-state index contributed by atoms with van der Waals surface area (Å²) >= 11 is 3.79. The van der Waals surface area contributed by atoms with Gasteiger partial charge in [-0.25, -0.2) is 0 Å². The van der Waals surface area contributed by atoms with E-state index >= 15 is 0 Å². The Balaban J connectivity index is 2.37. The Hall–Kier alpha value is 0.110. The lowest BCUT2D eigenvalue weighted by Crippen LogP contribution is -2.31. The largest absolute Gasteiger partial charge is 0.298 e. The summed E-state index contributed by atoms with van der Waals surface area (Å²) in [5, 5.41) is 1.50. The molecule has 0 aromatic heterocycles. The van der Waals surface area contributed by atoms with Gasteiger partial charge in [-0.05, 0) is 13.3 Å². The standard InChI is InChI=1S/C12H20OS2/c1-8(2)5-6-11(13)12-7-14-9(3)10(4)15-12/h9-10,12H,1,5-7H2,2-4H3. The molecule has 3 unspecified atom stereocenters. The van der Waals surface area contributed by atoms with Crippen LogP contribution in [0.5, 0.6) is 0 Å². The van der Waals surface area contributed by atoms with E-state index < -0.39 is 0 Å². The van der Waals surface area contributed by atoms with Gasteiger partial charge in [0, 0.05) is 22.7 Å². The van der Waals surface area contributed by atoms with Crippen LogP contribution in [-0.2, 0) is 4.79 Å². The molecule has 0 radical (unpaired) electrons. The lowest BCUT2D eigenvalue weighted by molar-refractivity contribution is -0.118. The van der Waals surface area contributed by atoms with Crippen molar-refractivity contribution < 1.29 is 4.79 Å². The number of Topliss-reactive ketones (excluding diaryl/α,β-unsaturated/α-hetero) is 1. The number of rotatable bonds is 4. The van der Waals surface area contributed by atoms with Crippen LogP contribution in [0.1, 0.15) is 33.6 Å². The quantitative estimate of drug-likeness (QED) is 0.704. The van der Waals surface area contributed by atoms with Crippen molar-refractivity contribution in [3.05, 3.63) is 12.2 Å². The van der Waals surface area contributed by atoms with Crippen LogP contribution in [0.4, 0.5) is 0 Å². The fraction of sp³-hybridized carbons (Fsp3) is 0.750. The van der Waals surface area contributed by atoms with Crippen molar-refractivity contribution in [2.45, 2.75) is 49.4 Å². The van der Waals surface area contributed by atoms with Crippen LogP contribution in [0, 0.1) is 0 Å². The molecule has 0 saturated carbocycles. The second-order valence-corrected chi connectivity index (χ2v) is 7.29. The van der Waals surface area contributed by atoms with Crippen LogP contribution in [-0.4, -0.2) is 27.3 Å². The third kappa shape index (κ3) is 4.23. The zero-order chi connectivity index (χ0) is 11.4. The highest BCUT2D eigenvalue weighted by Gasteiger charge is 2.29. The zero-order valence-electron chi connectivity index (χ0n) is 9.79. The van der Waals surface area contributed by atoms with Crippen molar-refractivity contribution in [1.82, 2.24) is 0 Å². The minimum Gasteiger partial charge on any atom is -0.298 e. The average molecular weight is 244 g/mol. The fourth-order valence-electron chi connectivity index (χ4n) is 1.45. The van der Waals surface area contributed by atoms with E-state index in [2.05, 4.69) is 20.4 Å². The molecule has 0 amide bonds. The first-order valence-electron chi connectivity index (χ1n) is 5.45. The van der Waals surface area contributed by atoms with E-state index in [9.17, 15) is 4.79 Å². The molecule has 0 aromatic carbocycles. The van der Waals surface area contributed by atoms with Crippen molar-refractivity contribution >= 4 is 29.3 Å². The highest BCUT2D eigenvalue weighted by molar-refractivity contribution is 8.08. The molecule has 1 saturated heterocycles. The minimum absolute atomic E-state index is 0.223. The van der Waals surface area contributed by atoms with Gasteiger partial charge < -0.3 is 0 Å². The molecule has 1 heterocycles. The maximum atomic E-state index is 11.9. The van der Waals surface area contributed by atoms with Crippen molar-refractivity contribution in [3.63, 3.8) is 0 Å². The van der Waals surface area contributed by atoms with Gasteiger partial charge in [0.1, 0.15) is 5.78 Å². The van der Waals surface area contributed by atoms with E-state index in [0.717, 1.165) is 17.7 Å². The second kappa shape index (κ2) is 6.00. The number of hydrogen-bond acceptors (Lipinski definition) is 3. The van der Waals surface area contributed by atoms with Gasteiger partial charge in [0.05, 0.1) is 5.25 Å². The van der Waals surface area contributed by atoms with Gasteiger partial charge in [-0.3, -0.25) is 4.79 Å². The monoisotopic (exact) mass is 244 g/mol. The van der Waals surface area contributed by atoms with Gasteiger partial charge in [0.15, 0.2) is 0 Å². The van der Waals surface area contributed by atoms with Crippen molar-refractivity contribution in [1.29, 1.82) is 0 Å². The predicted molar refractivity (Wildman–Crippen MR) is 71.8 cm³/mol. The Morgan fingerprint density at radius 2 is 2.00 bits per heavy atom. The summed E-state index contributed by atoms with van der Waals surface area (Å²) in [4.78, 5) is 11.9. The summed E-state index contributed by atoms with van der Waals surface area (Å²) in [6.07, 6.45) is 1.53. The van der Waals surface area contributed by atoms with E-state index in [1.807, 2.05) is 30.4 Å². The maximum Gasteiger partial charge on any atom is 0.146 e. The smallest absolute Gasteiger partial charge is 0.146 e. The van der Waals surface area contributed by atoms with Crippen LogP contribution < -0.4 is 0 Å². The number of ketones is 1. The molecule has 3 atom stereocenters. The molecule has 0 bridgehead atoms. The predicted octanol–water partition coefficient (Wildman–Crippen LogP) is 3.54. The summed E-state index contributed by atoms with van der Waals surface area (Å²) in [7, 11) is 0. The van der Waals surface area contributed by atoms with Gasteiger partial charge in [0.2, 0.25) is 0 Å². The van der Waals surface area contributed by atoms with Crippen molar-refractivity contribution in [2.24, 2.45) is 0 Å². The average Bonchev–Trinajstić information content (AvgIpc) is 2.18. The fourth-order valence-corrected chi connectivity index (χ4v) is 4.37. The number of thioether (sulfide) groups is 2. The van der Waals surface area contributed by atoms with Gasteiger partial charge in [-0.2, -0.15) is 11.8 Å². The molecular formula is C12H20OS2. The summed E-state index contributed by atoms with van der Waals surface area (Å²) in [5.41, 5.74) is 1.11. The van der Waals surface area contributed by atoms with Crippen LogP contribution in [0.25, 0.3) is 0 Å². The molecule has 0 aromatic rings. The Bertz CT molecular complexity index is 250. The molecule has 0 N–H and O–H groups in total. The van der Waals surface area contributed by atoms with Crippen LogP contribution in [0.2, 0.25) is 0 Å². The van der Waals surface area contributed by atoms with Crippen molar-refractivity contribution in [3.8, 4) is 0 Å². The number of allylic oxidation sites excluding steroid dienone is 1. The molecule has 0 aliphatic carbocycles. The number of carbonyl (C=O) groups excluding carboxylic acids is 1. The normalized spacial score (nSPS) is 31.3. The Morgan fingerprint density at radius 3 is 2.53 bits per heavy atom. The third-order valence-electron chi connectivity index (χ3n) is 2.71. The minimum atomic E-state index is 0.223. The van der Waals surface area contributed by atoms with Crippen LogP contribution in [0.3, 0.4) is 0 Å². The third-order valence-corrected chi connectivity index (χ3v) is 6.15. The van der Waals surface area contributed by atoms with Gasteiger partial charge in [-0.1, -0.05) is 19.4 Å². The molecule has 86 valence electrons. The highest BCUT2D eigenvalue weighted by atomic mass is 32.2. The number of carbonyl (C=O) groups is 1. The van der Waals surface area contributed by atoms with E-state index in [0.29, 0.717) is 22.7 Å². The maximum absolute atomic E-state index is 11.9. The SMILES string of the molecule is C=C(C)CCC(=O)C1CSC(C)C(C)S1. The lowest BCUT2D eigenvalue weighted by Gasteiger charge is -2.30. The molecule has 0 spiro atoms. The molecule has 1 nitrogen and oxygen atoms in total. The summed E-state index contributed by atoms with van der Waals surface area (Å²) in [6, 6.07) is 0. The first kappa shape index (κ1) is 13.2. The molecule has 1 fully saturated rings. The van der Waals surface area contributed by atoms with E-state index in [1.165, 1.54) is 0 Å². The first-order valence-corrected chi connectivity index (χ1v) is 7.44. The van der Waals surface area contributed by atoms with Crippen molar-refractivity contribution in [2.75, 3.05) is 5.75 Å². The first-order chi connectivity index (χ1) is 7.00. The number of hydrogen-bond donors (Lipinski definition) is 0. The molecule has 1 aliphatic rings. The van der Waals surface area contributed by atoms with Gasteiger partial charge in [-0.15, -0.1) is 18.3 Å². The Morgan fingerprint density at radius 1 is 1.33 bits per heavy atom. The van der Waals surface area contributed by atoms with Gasteiger partial charge in [0.25, 0.3) is 0 Å². The lowest BCUT2D eigenvalue weighted by atomic mass is 10.1. The zero-order valence-corrected chi connectivity index (χ0v) is 11.4. The second-order valence-electron chi connectivity index (χ2n) is 4.29. The van der Waals surface area contributed by atoms with Crippen LogP contribution in [0.15, 0.2) is 12.2 Å².